The van der Waals surface area contributed by atoms with E-state index >= 15 is 0 Å². The summed E-state index contributed by atoms with van der Waals surface area (Å²) in [6, 6.07) is 16.0. The van der Waals surface area contributed by atoms with Crippen molar-refractivity contribution in [3.05, 3.63) is 59.7 Å². The van der Waals surface area contributed by atoms with Gasteiger partial charge in [0.05, 0.1) is 10.2 Å². The maximum atomic E-state index is 12.1. The largest absolute Gasteiger partial charge is 0.351 e. The van der Waals surface area contributed by atoms with Gasteiger partial charge in [-0.2, -0.15) is 0 Å². The van der Waals surface area contributed by atoms with Crippen LogP contribution in [-0.2, 0) is 6.42 Å². The van der Waals surface area contributed by atoms with Crippen molar-refractivity contribution in [2.45, 2.75) is 13.3 Å². The Balaban J connectivity index is 1.26. The van der Waals surface area contributed by atoms with Gasteiger partial charge in [0, 0.05) is 44.8 Å². The van der Waals surface area contributed by atoms with Crippen LogP contribution >= 0.6 is 11.3 Å². The number of piperazine rings is 1. The van der Waals surface area contributed by atoms with Gasteiger partial charge < -0.3 is 10.2 Å². The fourth-order valence-corrected chi connectivity index (χ4v) is 4.57. The summed E-state index contributed by atoms with van der Waals surface area (Å²) in [5.41, 5.74) is 3.18. The van der Waals surface area contributed by atoms with Crippen molar-refractivity contribution in [2.24, 2.45) is 0 Å². The van der Waals surface area contributed by atoms with Crippen molar-refractivity contribution in [3.8, 4) is 0 Å². The smallest absolute Gasteiger partial charge is 0.251 e. The third-order valence-corrected chi connectivity index (χ3v) is 6.32. The van der Waals surface area contributed by atoms with Crippen LogP contribution < -0.4 is 10.2 Å². The number of nitrogens with one attached hydrogen (secondary N) is 1. The predicted octanol–water partition coefficient (Wildman–Crippen LogP) is 3.41. The standard InChI is InChI=1S/C22H26N4OS/c1-2-17-8-9-19-20(16-17)28-22(24-19)26-14-12-25(13-15-26)11-10-23-21(27)18-6-4-3-5-7-18/h3-9,16H,2,10-15H2,1H3,(H,23,27). The Morgan fingerprint density at radius 2 is 1.89 bits per heavy atom. The van der Waals surface area contributed by atoms with Crippen LogP contribution in [0.5, 0.6) is 0 Å². The zero-order valence-electron chi connectivity index (χ0n) is 16.2. The van der Waals surface area contributed by atoms with E-state index in [0.29, 0.717) is 6.54 Å². The predicted molar refractivity (Wildman–Crippen MR) is 116 cm³/mol. The summed E-state index contributed by atoms with van der Waals surface area (Å²) in [6.07, 6.45) is 1.06. The second-order valence-corrected chi connectivity index (χ2v) is 8.11. The van der Waals surface area contributed by atoms with E-state index in [-0.39, 0.29) is 5.91 Å². The first-order valence-corrected chi connectivity index (χ1v) is 10.7. The highest BCUT2D eigenvalue weighted by molar-refractivity contribution is 7.22. The van der Waals surface area contributed by atoms with Crippen LogP contribution in [0.25, 0.3) is 10.2 Å². The first-order chi connectivity index (χ1) is 13.7. The number of thiazole rings is 1. The summed E-state index contributed by atoms with van der Waals surface area (Å²) >= 11 is 1.79. The van der Waals surface area contributed by atoms with Gasteiger partial charge in [0.15, 0.2) is 5.13 Å². The molecule has 1 amide bonds. The van der Waals surface area contributed by atoms with Gasteiger partial charge in [-0.05, 0) is 36.2 Å². The highest BCUT2D eigenvalue weighted by Crippen LogP contribution is 2.30. The molecule has 1 aromatic heterocycles. The van der Waals surface area contributed by atoms with Gasteiger partial charge in [-0.15, -0.1) is 0 Å². The minimum atomic E-state index is 0.000148. The van der Waals surface area contributed by atoms with Crippen LogP contribution in [-0.4, -0.2) is 55.1 Å². The average Bonchev–Trinajstić information content (AvgIpc) is 3.18. The zero-order valence-corrected chi connectivity index (χ0v) is 17.0. The van der Waals surface area contributed by atoms with Crippen molar-refractivity contribution >= 4 is 32.6 Å². The molecule has 146 valence electrons. The topological polar surface area (TPSA) is 48.5 Å². The van der Waals surface area contributed by atoms with E-state index in [1.165, 1.54) is 10.3 Å². The Labute approximate surface area is 170 Å². The monoisotopic (exact) mass is 394 g/mol. The summed E-state index contributed by atoms with van der Waals surface area (Å²) in [4.78, 5) is 21.7. The second-order valence-electron chi connectivity index (χ2n) is 7.10. The van der Waals surface area contributed by atoms with Crippen LogP contribution in [0.1, 0.15) is 22.8 Å². The molecule has 0 radical (unpaired) electrons. The highest BCUT2D eigenvalue weighted by atomic mass is 32.1. The van der Waals surface area contributed by atoms with Gasteiger partial charge in [0.25, 0.3) is 5.91 Å². The molecule has 5 nitrogen and oxygen atoms in total. The number of rotatable bonds is 6. The van der Waals surface area contributed by atoms with E-state index in [2.05, 4.69) is 40.2 Å². The van der Waals surface area contributed by atoms with E-state index in [4.69, 9.17) is 4.98 Å². The Morgan fingerprint density at radius 1 is 1.11 bits per heavy atom. The third-order valence-electron chi connectivity index (χ3n) is 5.24. The Kier molecular flexibility index (Phi) is 5.88. The minimum Gasteiger partial charge on any atom is -0.351 e. The van der Waals surface area contributed by atoms with Crippen molar-refractivity contribution < 1.29 is 4.79 Å². The molecule has 1 fully saturated rings. The summed E-state index contributed by atoms with van der Waals surface area (Å²) in [5, 5.41) is 4.14. The molecule has 1 saturated heterocycles. The van der Waals surface area contributed by atoms with E-state index in [0.717, 1.165) is 55.4 Å². The molecule has 0 aliphatic carbocycles. The van der Waals surface area contributed by atoms with Crippen molar-refractivity contribution in [1.82, 2.24) is 15.2 Å². The quantitative estimate of drug-likeness (QED) is 0.696. The maximum Gasteiger partial charge on any atom is 0.251 e. The van der Waals surface area contributed by atoms with E-state index in [1.807, 2.05) is 30.3 Å². The van der Waals surface area contributed by atoms with Gasteiger partial charge in [-0.1, -0.05) is 42.5 Å². The molecule has 3 aromatic rings. The van der Waals surface area contributed by atoms with Gasteiger partial charge in [0.2, 0.25) is 0 Å². The number of hydrogen-bond acceptors (Lipinski definition) is 5. The number of aryl methyl sites for hydroxylation is 1. The summed E-state index contributed by atoms with van der Waals surface area (Å²) in [5.74, 6) is 0.000148. The van der Waals surface area contributed by atoms with Crippen LogP contribution in [0.2, 0.25) is 0 Å². The summed E-state index contributed by atoms with van der Waals surface area (Å²) in [7, 11) is 0. The summed E-state index contributed by atoms with van der Waals surface area (Å²) < 4.78 is 1.28. The van der Waals surface area contributed by atoms with Gasteiger partial charge in [0.1, 0.15) is 0 Å². The first kappa shape index (κ1) is 18.9. The van der Waals surface area contributed by atoms with Crippen LogP contribution in [0, 0.1) is 0 Å². The number of amides is 1. The third kappa shape index (κ3) is 4.34. The number of carbonyl (C=O) groups excluding carboxylic acids is 1. The molecular formula is C22H26N4OS. The molecule has 0 spiro atoms. The summed E-state index contributed by atoms with van der Waals surface area (Å²) in [6.45, 7) is 7.69. The van der Waals surface area contributed by atoms with Gasteiger partial charge in [-0.3, -0.25) is 9.69 Å². The molecule has 0 atom stereocenters. The maximum absolute atomic E-state index is 12.1. The number of benzene rings is 2. The number of nitrogens with zero attached hydrogens (tertiary/aromatic N) is 3. The number of carbonyl (C=O) groups is 1. The fourth-order valence-electron chi connectivity index (χ4n) is 3.49. The molecule has 0 unspecified atom stereocenters. The molecule has 2 heterocycles. The lowest BCUT2D eigenvalue weighted by Crippen LogP contribution is -2.48. The molecule has 4 rings (SSSR count). The molecule has 28 heavy (non-hydrogen) atoms. The van der Waals surface area contributed by atoms with Crippen LogP contribution in [0.15, 0.2) is 48.5 Å². The number of aromatic nitrogens is 1. The van der Waals surface area contributed by atoms with Gasteiger partial charge >= 0.3 is 0 Å². The lowest BCUT2D eigenvalue weighted by Gasteiger charge is -2.34. The normalized spacial score (nSPS) is 15.1. The number of fused-ring (bicyclic) bond motifs is 1. The molecule has 1 N–H and O–H groups in total. The average molecular weight is 395 g/mol. The Bertz CT molecular complexity index is 932. The van der Waals surface area contributed by atoms with Gasteiger partial charge in [-0.25, -0.2) is 4.98 Å². The van der Waals surface area contributed by atoms with E-state index in [1.54, 1.807) is 11.3 Å². The molecule has 6 heteroatoms. The second kappa shape index (κ2) is 8.71. The number of hydrogen-bond donors (Lipinski definition) is 1. The first-order valence-electron chi connectivity index (χ1n) is 9.93. The lowest BCUT2D eigenvalue weighted by molar-refractivity contribution is 0.0948. The highest BCUT2D eigenvalue weighted by Gasteiger charge is 2.19. The van der Waals surface area contributed by atoms with E-state index in [9.17, 15) is 4.79 Å². The minimum absolute atomic E-state index is 0.000148. The Hall–Kier alpha value is -2.44. The van der Waals surface area contributed by atoms with Crippen molar-refractivity contribution in [3.63, 3.8) is 0 Å². The van der Waals surface area contributed by atoms with Crippen molar-refractivity contribution in [2.75, 3.05) is 44.2 Å². The van der Waals surface area contributed by atoms with Crippen LogP contribution in [0.4, 0.5) is 5.13 Å². The SMILES string of the molecule is CCc1ccc2nc(N3CCN(CCNC(=O)c4ccccc4)CC3)sc2c1. The van der Waals surface area contributed by atoms with Crippen LogP contribution in [0.3, 0.4) is 0 Å². The molecule has 2 aromatic carbocycles. The number of anilines is 1. The molecule has 1 aliphatic rings. The molecule has 1 aliphatic heterocycles. The molecule has 0 bridgehead atoms. The van der Waals surface area contributed by atoms with Crippen molar-refractivity contribution in [1.29, 1.82) is 0 Å². The molecular weight excluding hydrogens is 368 g/mol. The zero-order chi connectivity index (χ0) is 19.3. The fraction of sp³-hybridized carbons (Fsp3) is 0.364. The molecule has 0 saturated carbocycles. The lowest BCUT2D eigenvalue weighted by atomic mass is 10.2. The Morgan fingerprint density at radius 3 is 2.64 bits per heavy atom. The van der Waals surface area contributed by atoms with E-state index < -0.39 is 0 Å².